The number of nitrogen functional groups attached to an aromatic ring is 1. The molecule has 1 aromatic heterocycles. The first-order valence-corrected chi connectivity index (χ1v) is 4.91. The van der Waals surface area contributed by atoms with Crippen LogP contribution in [0, 0.1) is 5.41 Å². The van der Waals surface area contributed by atoms with E-state index in [9.17, 15) is 0 Å². The van der Waals surface area contributed by atoms with Crippen LogP contribution < -0.4 is 5.73 Å². The van der Waals surface area contributed by atoms with Crippen molar-refractivity contribution in [1.29, 1.82) is 5.41 Å². The summed E-state index contributed by atoms with van der Waals surface area (Å²) in [5.41, 5.74) is 7.87. The third kappa shape index (κ3) is 3.17. The van der Waals surface area contributed by atoms with Crippen molar-refractivity contribution in [3.63, 3.8) is 0 Å². The fourth-order valence-corrected chi connectivity index (χ4v) is 0.939. The molecule has 0 saturated heterocycles. The fraction of sp³-hybridized carbons (Fsp3) is 0.455. The van der Waals surface area contributed by atoms with E-state index in [0.717, 1.165) is 11.3 Å². The van der Waals surface area contributed by atoms with Gasteiger partial charge in [-0.3, -0.25) is 4.98 Å². The maximum atomic E-state index is 7.09. The van der Waals surface area contributed by atoms with Gasteiger partial charge in [0, 0.05) is 17.5 Å². The lowest BCUT2D eigenvalue weighted by molar-refractivity contribution is 0.823. The summed E-state index contributed by atoms with van der Waals surface area (Å²) in [5, 5.41) is 7.09. The van der Waals surface area contributed by atoms with E-state index >= 15 is 0 Å². The third-order valence-electron chi connectivity index (χ3n) is 1.74. The summed E-state index contributed by atoms with van der Waals surface area (Å²) in [6.45, 7) is 8.12. The molecule has 0 aliphatic carbocycles. The Balaban J connectivity index is 0.000000791. The van der Waals surface area contributed by atoms with Gasteiger partial charge in [0.1, 0.15) is 0 Å². The van der Waals surface area contributed by atoms with E-state index in [0.29, 0.717) is 11.6 Å². The van der Waals surface area contributed by atoms with E-state index in [1.807, 2.05) is 19.9 Å². The van der Waals surface area contributed by atoms with Crippen molar-refractivity contribution >= 4 is 11.9 Å². The number of hydrogen-bond acceptors (Lipinski definition) is 3. The Morgan fingerprint density at radius 1 is 1.43 bits per heavy atom. The van der Waals surface area contributed by atoms with Crippen LogP contribution in [0.3, 0.4) is 0 Å². The van der Waals surface area contributed by atoms with Gasteiger partial charge in [0.2, 0.25) is 0 Å². The second kappa shape index (κ2) is 6.13. The molecule has 0 bridgehead atoms. The van der Waals surface area contributed by atoms with E-state index in [-0.39, 0.29) is 0 Å². The van der Waals surface area contributed by atoms with Crippen molar-refractivity contribution in [1.82, 2.24) is 4.98 Å². The van der Waals surface area contributed by atoms with Gasteiger partial charge in [-0.1, -0.05) is 27.7 Å². The molecule has 0 radical (unpaired) electrons. The van der Waals surface area contributed by atoms with Crippen LogP contribution in [0.4, 0.5) is 5.69 Å². The molecule has 0 saturated carbocycles. The zero-order valence-corrected chi connectivity index (χ0v) is 9.33. The summed E-state index contributed by atoms with van der Waals surface area (Å²) in [6, 6.07) is 1.85. The molecular weight excluding hydrogens is 174 g/mol. The zero-order chi connectivity index (χ0) is 11.1. The minimum atomic E-state index is 0.379. The van der Waals surface area contributed by atoms with Crippen molar-refractivity contribution in [2.45, 2.75) is 33.6 Å². The SMILES string of the molecule is CC.CC(C)c1cc(C=N)c(N)cn1. The zero-order valence-electron chi connectivity index (χ0n) is 9.33. The number of anilines is 1. The molecule has 0 spiro atoms. The maximum Gasteiger partial charge on any atom is 0.0589 e. The van der Waals surface area contributed by atoms with Crippen molar-refractivity contribution in [2.75, 3.05) is 5.73 Å². The second-order valence-corrected chi connectivity index (χ2v) is 3.04. The number of nitrogens with two attached hydrogens (primary N) is 1. The Labute approximate surface area is 85.9 Å². The lowest BCUT2D eigenvalue weighted by Crippen LogP contribution is -1.99. The molecular formula is C11H19N3. The molecule has 0 unspecified atom stereocenters. The first-order valence-electron chi connectivity index (χ1n) is 4.91. The molecule has 0 aromatic carbocycles. The molecule has 14 heavy (non-hydrogen) atoms. The summed E-state index contributed by atoms with van der Waals surface area (Å²) in [4.78, 5) is 4.16. The summed E-state index contributed by atoms with van der Waals surface area (Å²) >= 11 is 0. The highest BCUT2D eigenvalue weighted by Crippen LogP contribution is 2.15. The van der Waals surface area contributed by atoms with Crippen LogP contribution in [0.25, 0.3) is 0 Å². The second-order valence-electron chi connectivity index (χ2n) is 3.04. The third-order valence-corrected chi connectivity index (χ3v) is 1.74. The number of pyridine rings is 1. The number of hydrogen-bond donors (Lipinski definition) is 2. The van der Waals surface area contributed by atoms with Gasteiger partial charge < -0.3 is 11.1 Å². The minimum Gasteiger partial charge on any atom is -0.397 e. The van der Waals surface area contributed by atoms with Crippen molar-refractivity contribution in [2.24, 2.45) is 0 Å². The van der Waals surface area contributed by atoms with Gasteiger partial charge in [0.25, 0.3) is 0 Å². The summed E-state index contributed by atoms with van der Waals surface area (Å²) in [5.74, 6) is 0.379. The minimum absolute atomic E-state index is 0.379. The molecule has 0 aliphatic rings. The molecule has 3 heteroatoms. The van der Waals surface area contributed by atoms with Gasteiger partial charge in [-0.2, -0.15) is 0 Å². The molecule has 0 atom stereocenters. The predicted molar refractivity (Wildman–Crippen MR) is 62.0 cm³/mol. The summed E-state index contributed by atoms with van der Waals surface area (Å²) in [7, 11) is 0. The normalized spacial score (nSPS) is 9.21. The molecule has 1 rings (SSSR count). The highest BCUT2D eigenvalue weighted by Gasteiger charge is 2.03. The molecule has 3 N–H and O–H groups in total. The average Bonchev–Trinajstić information content (AvgIpc) is 2.21. The standard InChI is InChI=1S/C9H13N3.C2H6/c1-6(2)9-3-7(4-10)8(11)5-12-9;1-2/h3-6,10H,11H2,1-2H3;1-2H3. The van der Waals surface area contributed by atoms with E-state index in [1.165, 1.54) is 6.21 Å². The Morgan fingerprint density at radius 2 is 2.00 bits per heavy atom. The van der Waals surface area contributed by atoms with Gasteiger partial charge in [0.15, 0.2) is 0 Å². The van der Waals surface area contributed by atoms with Crippen molar-refractivity contribution in [3.05, 3.63) is 23.5 Å². The first kappa shape index (κ1) is 12.6. The lowest BCUT2D eigenvalue weighted by Gasteiger charge is -2.06. The van der Waals surface area contributed by atoms with Crippen LogP contribution in [0.5, 0.6) is 0 Å². The van der Waals surface area contributed by atoms with Crippen LogP contribution in [-0.4, -0.2) is 11.2 Å². The smallest absolute Gasteiger partial charge is 0.0589 e. The number of nitrogens with zero attached hydrogens (tertiary/aromatic N) is 1. The predicted octanol–water partition coefficient (Wildman–Crippen LogP) is 2.81. The van der Waals surface area contributed by atoms with Crippen LogP contribution in [0.2, 0.25) is 0 Å². The van der Waals surface area contributed by atoms with E-state index in [1.54, 1.807) is 6.20 Å². The van der Waals surface area contributed by atoms with Crippen molar-refractivity contribution < 1.29 is 0 Å². The Bertz CT molecular complexity index is 293. The highest BCUT2D eigenvalue weighted by molar-refractivity contribution is 5.84. The van der Waals surface area contributed by atoms with Crippen LogP contribution in [-0.2, 0) is 0 Å². The van der Waals surface area contributed by atoms with Crippen LogP contribution in [0.15, 0.2) is 12.3 Å². The average molecular weight is 193 g/mol. The highest BCUT2D eigenvalue weighted by atomic mass is 14.7. The van der Waals surface area contributed by atoms with E-state index in [2.05, 4.69) is 18.8 Å². The van der Waals surface area contributed by atoms with Gasteiger partial charge in [-0.15, -0.1) is 0 Å². The van der Waals surface area contributed by atoms with E-state index < -0.39 is 0 Å². The molecule has 1 heterocycles. The lowest BCUT2D eigenvalue weighted by atomic mass is 10.1. The topological polar surface area (TPSA) is 62.8 Å². The number of aromatic nitrogens is 1. The van der Waals surface area contributed by atoms with Crippen LogP contribution in [0.1, 0.15) is 44.9 Å². The first-order chi connectivity index (χ1) is 6.65. The quantitative estimate of drug-likeness (QED) is 0.709. The largest absolute Gasteiger partial charge is 0.397 e. The monoisotopic (exact) mass is 193 g/mol. The van der Waals surface area contributed by atoms with E-state index in [4.69, 9.17) is 11.1 Å². The molecule has 3 nitrogen and oxygen atoms in total. The summed E-state index contributed by atoms with van der Waals surface area (Å²) in [6.07, 6.45) is 2.86. The van der Waals surface area contributed by atoms with Gasteiger partial charge in [-0.25, -0.2) is 0 Å². The molecule has 78 valence electrons. The Morgan fingerprint density at radius 3 is 2.43 bits per heavy atom. The Hall–Kier alpha value is -1.38. The van der Waals surface area contributed by atoms with Gasteiger partial charge in [0.05, 0.1) is 11.9 Å². The number of nitrogens with one attached hydrogen (secondary N) is 1. The molecule has 0 fully saturated rings. The molecule has 1 aromatic rings. The summed E-state index contributed by atoms with van der Waals surface area (Å²) < 4.78 is 0. The maximum absolute atomic E-state index is 7.09. The molecule has 0 amide bonds. The van der Waals surface area contributed by atoms with Crippen LogP contribution >= 0.6 is 0 Å². The number of rotatable bonds is 2. The molecule has 0 aliphatic heterocycles. The van der Waals surface area contributed by atoms with Crippen molar-refractivity contribution in [3.8, 4) is 0 Å². The van der Waals surface area contributed by atoms with Gasteiger partial charge >= 0.3 is 0 Å². The Kier molecular flexibility index (Phi) is 5.53. The fourth-order valence-electron chi connectivity index (χ4n) is 0.939. The van der Waals surface area contributed by atoms with Gasteiger partial charge in [-0.05, 0) is 12.0 Å².